The summed E-state index contributed by atoms with van der Waals surface area (Å²) < 4.78 is 13.3. The zero-order valence-corrected chi connectivity index (χ0v) is 20.2. The van der Waals surface area contributed by atoms with Crippen molar-refractivity contribution >= 4 is 22.7 Å². The predicted molar refractivity (Wildman–Crippen MR) is 133 cm³/mol. The van der Waals surface area contributed by atoms with Crippen LogP contribution in [0.25, 0.3) is 22.2 Å². The summed E-state index contributed by atoms with van der Waals surface area (Å²) in [6.07, 6.45) is 3.06. The van der Waals surface area contributed by atoms with Gasteiger partial charge in [0.15, 0.2) is 6.33 Å². The minimum Gasteiger partial charge on any atom is -0.492 e. The molecule has 5 rings (SSSR count). The molecule has 36 heavy (non-hydrogen) atoms. The van der Waals surface area contributed by atoms with Crippen molar-refractivity contribution in [2.45, 2.75) is 45.9 Å². The number of hydrogen-bond acceptors (Lipinski definition) is 7. The highest BCUT2D eigenvalue weighted by Crippen LogP contribution is 2.39. The lowest BCUT2D eigenvalue weighted by Gasteiger charge is -2.13. The van der Waals surface area contributed by atoms with E-state index in [1.54, 1.807) is 13.8 Å². The van der Waals surface area contributed by atoms with E-state index in [-0.39, 0.29) is 6.10 Å². The van der Waals surface area contributed by atoms with E-state index in [1.807, 2.05) is 42.5 Å². The molecule has 4 aromatic rings. The molecule has 0 unspecified atom stereocenters. The first-order valence-corrected chi connectivity index (χ1v) is 12.0. The zero-order valence-electron chi connectivity index (χ0n) is 20.2. The number of nitrogens with one attached hydrogen (secondary N) is 1. The average Bonchev–Trinajstić information content (AvgIpc) is 3.42. The van der Waals surface area contributed by atoms with Crippen LogP contribution >= 0.6 is 0 Å². The molecule has 10 heteroatoms. The zero-order chi connectivity index (χ0) is 25.1. The van der Waals surface area contributed by atoms with E-state index >= 15 is 0 Å². The Morgan fingerprint density at radius 2 is 2.03 bits per heavy atom. The van der Waals surface area contributed by atoms with Crippen molar-refractivity contribution in [2.24, 2.45) is 5.92 Å². The van der Waals surface area contributed by atoms with Crippen molar-refractivity contribution in [2.75, 3.05) is 11.9 Å². The number of hydrogen-bond donors (Lipinski definition) is 1. The van der Waals surface area contributed by atoms with Gasteiger partial charge >= 0.3 is 6.09 Å². The van der Waals surface area contributed by atoms with Gasteiger partial charge in [0.2, 0.25) is 0 Å². The number of amides is 1. The topological polar surface area (TPSA) is 120 Å². The van der Waals surface area contributed by atoms with Crippen LogP contribution in [0.4, 0.5) is 10.5 Å². The monoisotopic (exact) mass is 485 g/mol. The van der Waals surface area contributed by atoms with Gasteiger partial charge < -0.3 is 14.0 Å². The molecule has 184 valence electrons. The first kappa shape index (κ1) is 23.4. The van der Waals surface area contributed by atoms with Crippen molar-refractivity contribution in [1.29, 1.82) is 5.26 Å². The molecular formula is C26H27N7O3. The molecular weight excluding hydrogens is 458 g/mol. The van der Waals surface area contributed by atoms with Gasteiger partial charge in [-0.3, -0.25) is 5.32 Å². The third-order valence-corrected chi connectivity index (χ3v) is 5.98. The maximum atomic E-state index is 11.9. The van der Waals surface area contributed by atoms with Gasteiger partial charge in [0.05, 0.1) is 29.4 Å². The van der Waals surface area contributed by atoms with Crippen molar-refractivity contribution in [3.05, 3.63) is 54.4 Å². The van der Waals surface area contributed by atoms with Crippen LogP contribution in [-0.4, -0.2) is 43.6 Å². The summed E-state index contributed by atoms with van der Waals surface area (Å²) in [5.74, 6) is 1.32. The number of fused-ring (bicyclic) bond motifs is 1. The summed E-state index contributed by atoms with van der Waals surface area (Å²) in [6, 6.07) is 15.7. The van der Waals surface area contributed by atoms with E-state index in [0.29, 0.717) is 30.3 Å². The minimum absolute atomic E-state index is 0.200. The second-order valence-electron chi connectivity index (χ2n) is 9.10. The number of rotatable bonds is 9. The Hall–Kier alpha value is -4.39. The molecule has 0 atom stereocenters. The van der Waals surface area contributed by atoms with Gasteiger partial charge in [-0.05, 0) is 67.6 Å². The first-order valence-electron chi connectivity index (χ1n) is 12.0. The van der Waals surface area contributed by atoms with Gasteiger partial charge in [-0.25, -0.2) is 4.79 Å². The molecule has 2 heterocycles. The highest BCUT2D eigenvalue weighted by molar-refractivity contribution is 5.95. The van der Waals surface area contributed by atoms with Crippen LogP contribution in [0.1, 0.15) is 32.3 Å². The molecule has 10 nitrogen and oxygen atoms in total. The summed E-state index contributed by atoms with van der Waals surface area (Å²) in [5.41, 5.74) is 4.01. The van der Waals surface area contributed by atoms with Crippen molar-refractivity contribution < 1.29 is 14.3 Å². The van der Waals surface area contributed by atoms with Gasteiger partial charge in [0.1, 0.15) is 18.4 Å². The largest absolute Gasteiger partial charge is 0.492 e. The fraction of sp³-hybridized carbons (Fsp3) is 0.346. The van der Waals surface area contributed by atoms with E-state index in [1.165, 1.54) is 24.0 Å². The lowest BCUT2D eigenvalue weighted by atomic mass is 10.1. The number of aromatic nitrogens is 5. The van der Waals surface area contributed by atoms with Crippen LogP contribution in [-0.2, 0) is 17.8 Å². The van der Waals surface area contributed by atoms with E-state index in [9.17, 15) is 10.1 Å². The number of nitriles is 1. The van der Waals surface area contributed by atoms with E-state index in [0.717, 1.165) is 34.5 Å². The summed E-state index contributed by atoms with van der Waals surface area (Å²) in [6.45, 7) is 5.32. The number of ether oxygens (including phenoxy) is 2. The molecule has 1 fully saturated rings. The van der Waals surface area contributed by atoms with E-state index in [2.05, 4.69) is 31.4 Å². The summed E-state index contributed by atoms with van der Waals surface area (Å²) >= 11 is 0. The van der Waals surface area contributed by atoms with Gasteiger partial charge in [-0.2, -0.15) is 10.1 Å². The van der Waals surface area contributed by atoms with Crippen LogP contribution in [0.3, 0.4) is 0 Å². The van der Waals surface area contributed by atoms with Crippen LogP contribution in [0.2, 0.25) is 0 Å². The Balaban J connectivity index is 1.45. The Kier molecular flexibility index (Phi) is 6.54. The van der Waals surface area contributed by atoms with E-state index in [4.69, 9.17) is 9.47 Å². The SMILES string of the molecule is CC(C)OC(=O)Nc1ccc(-c2c(C#N)c3ccc(OCCn4ncnn4)cc3n2CC2CC2)cc1. The van der Waals surface area contributed by atoms with Crippen LogP contribution in [0.5, 0.6) is 5.75 Å². The van der Waals surface area contributed by atoms with Crippen molar-refractivity contribution in [3.8, 4) is 23.1 Å². The van der Waals surface area contributed by atoms with Crippen molar-refractivity contribution in [1.82, 2.24) is 24.8 Å². The molecule has 1 aliphatic rings. The van der Waals surface area contributed by atoms with E-state index < -0.39 is 6.09 Å². The fourth-order valence-electron chi connectivity index (χ4n) is 4.19. The number of anilines is 1. The Bertz CT molecular complexity index is 1400. The smallest absolute Gasteiger partial charge is 0.411 e. The van der Waals surface area contributed by atoms with Gasteiger partial charge in [-0.15, -0.1) is 10.2 Å². The highest BCUT2D eigenvalue weighted by atomic mass is 16.6. The number of carbonyl (C=O) groups is 1. The summed E-state index contributed by atoms with van der Waals surface area (Å²) in [5, 5.41) is 25.3. The molecule has 1 amide bonds. The number of nitrogens with zero attached hydrogens (tertiary/aromatic N) is 6. The minimum atomic E-state index is -0.495. The van der Waals surface area contributed by atoms with Gasteiger partial charge in [-0.1, -0.05) is 12.1 Å². The standard InChI is InChI=1S/C26H27N7O3/c1-17(2)36-26(34)30-20-7-5-19(6-8-20)25-23(14-27)22-10-9-21(35-12-11-33-29-16-28-31-33)13-24(22)32(25)15-18-3-4-18/h5-10,13,16-18H,3-4,11-12,15H2,1-2H3,(H,30,34). The molecule has 1 saturated carbocycles. The predicted octanol–water partition coefficient (Wildman–Crippen LogP) is 4.61. The van der Waals surface area contributed by atoms with Gasteiger partial charge in [0, 0.05) is 23.7 Å². The molecule has 0 saturated heterocycles. The first-order chi connectivity index (χ1) is 17.5. The molecule has 2 aromatic carbocycles. The maximum absolute atomic E-state index is 11.9. The second kappa shape index (κ2) is 10.1. The molecule has 0 radical (unpaired) electrons. The lowest BCUT2D eigenvalue weighted by molar-refractivity contribution is 0.130. The van der Waals surface area contributed by atoms with Crippen molar-refractivity contribution in [3.63, 3.8) is 0 Å². The van der Waals surface area contributed by atoms with Crippen LogP contribution in [0.15, 0.2) is 48.8 Å². The Morgan fingerprint density at radius 3 is 2.69 bits per heavy atom. The number of tetrazole rings is 1. The Labute approximate surface area is 208 Å². The number of carbonyl (C=O) groups excluding carboxylic acids is 1. The molecule has 0 bridgehead atoms. The van der Waals surface area contributed by atoms with Crippen LogP contribution in [0, 0.1) is 17.2 Å². The van der Waals surface area contributed by atoms with Crippen LogP contribution < -0.4 is 10.1 Å². The lowest BCUT2D eigenvalue weighted by Crippen LogP contribution is -2.17. The number of benzene rings is 2. The normalized spacial score (nSPS) is 13.1. The summed E-state index contributed by atoms with van der Waals surface area (Å²) in [7, 11) is 0. The third kappa shape index (κ3) is 5.15. The van der Waals surface area contributed by atoms with Gasteiger partial charge in [0.25, 0.3) is 0 Å². The molecule has 1 aliphatic carbocycles. The molecule has 2 aromatic heterocycles. The Morgan fingerprint density at radius 1 is 1.22 bits per heavy atom. The second-order valence-corrected chi connectivity index (χ2v) is 9.10. The summed E-state index contributed by atoms with van der Waals surface area (Å²) in [4.78, 5) is 13.4. The molecule has 0 aliphatic heterocycles. The average molecular weight is 486 g/mol. The third-order valence-electron chi connectivity index (χ3n) is 5.98. The fourth-order valence-corrected chi connectivity index (χ4v) is 4.19. The quantitative estimate of drug-likeness (QED) is 0.367. The highest BCUT2D eigenvalue weighted by Gasteiger charge is 2.26. The molecule has 0 spiro atoms. The molecule has 1 N–H and O–H groups in total. The maximum Gasteiger partial charge on any atom is 0.411 e.